The molecule has 1 aromatic heterocycles. The summed E-state index contributed by atoms with van der Waals surface area (Å²) in [7, 11) is 0. The van der Waals surface area contributed by atoms with Crippen LogP contribution in [0.1, 0.15) is 5.56 Å². The van der Waals surface area contributed by atoms with E-state index in [0.29, 0.717) is 10.9 Å². The number of aryl methyl sites for hydroxylation is 1. The van der Waals surface area contributed by atoms with Crippen LogP contribution in [-0.2, 0) is 0 Å². The molecule has 0 fully saturated rings. The average molecular weight is 185 g/mol. The molecule has 0 amide bonds. The topological polar surface area (TPSA) is 28.7 Å². The molecular weight excluding hydrogens is 179 g/mol. The molecule has 0 unspecified atom stereocenters. The molecule has 0 aliphatic heterocycles. The van der Waals surface area contributed by atoms with Crippen LogP contribution >= 0.6 is 11.6 Å². The van der Waals surface area contributed by atoms with E-state index in [4.69, 9.17) is 11.6 Å². The largest absolute Gasteiger partial charge is 0.266 e. The molecule has 2 aromatic rings. The smallest absolute Gasteiger partial charge is 0.135 e. The van der Waals surface area contributed by atoms with Gasteiger partial charge >= 0.3 is 0 Å². The second-order valence-corrected chi connectivity index (χ2v) is 3.00. The summed E-state index contributed by atoms with van der Waals surface area (Å²) >= 11 is 5.69. The van der Waals surface area contributed by atoms with Gasteiger partial charge in [-0.1, -0.05) is 17.7 Å². The molecule has 1 heterocycles. The highest BCUT2D eigenvalue weighted by Gasteiger charge is 2.09. The van der Waals surface area contributed by atoms with Crippen molar-refractivity contribution in [1.82, 2.24) is 10.2 Å². The molecule has 0 atom stereocenters. The number of benzene rings is 1. The first-order chi connectivity index (χ1) is 5.70. The highest BCUT2D eigenvalue weighted by molar-refractivity contribution is 6.34. The van der Waals surface area contributed by atoms with Gasteiger partial charge in [0.25, 0.3) is 0 Å². The third kappa shape index (κ3) is 0.898. The van der Waals surface area contributed by atoms with Crippen LogP contribution in [0.15, 0.2) is 12.1 Å². The van der Waals surface area contributed by atoms with Gasteiger partial charge in [0.2, 0.25) is 0 Å². The van der Waals surface area contributed by atoms with Gasteiger partial charge in [-0.2, -0.15) is 5.10 Å². The maximum Gasteiger partial charge on any atom is 0.135 e. The summed E-state index contributed by atoms with van der Waals surface area (Å²) < 4.78 is 13.1. The predicted molar refractivity (Wildman–Crippen MR) is 45.8 cm³/mol. The van der Waals surface area contributed by atoms with Gasteiger partial charge in [0, 0.05) is 0 Å². The summed E-state index contributed by atoms with van der Waals surface area (Å²) in [6.07, 6.45) is 0. The van der Waals surface area contributed by atoms with E-state index in [1.165, 1.54) is 6.07 Å². The molecule has 2 rings (SSSR count). The molecule has 62 valence electrons. The van der Waals surface area contributed by atoms with Crippen molar-refractivity contribution in [2.75, 3.05) is 0 Å². The van der Waals surface area contributed by atoms with Crippen LogP contribution in [0.4, 0.5) is 4.39 Å². The molecule has 1 aromatic carbocycles. The zero-order valence-corrected chi connectivity index (χ0v) is 7.11. The number of aromatic amines is 1. The van der Waals surface area contributed by atoms with Gasteiger partial charge in [-0.3, -0.25) is 5.10 Å². The van der Waals surface area contributed by atoms with Crippen LogP contribution in [0, 0.1) is 12.7 Å². The molecule has 0 spiro atoms. The Bertz CT molecular complexity index is 436. The standard InChI is InChI=1S/C8H6ClFN2/c1-4-2-3-5(10)6-7(4)11-12-8(6)9/h2-3H,1H3,(H,11,12). The zero-order valence-electron chi connectivity index (χ0n) is 6.36. The third-order valence-electron chi connectivity index (χ3n) is 1.81. The molecule has 0 radical (unpaired) electrons. The Kier molecular flexibility index (Phi) is 1.54. The van der Waals surface area contributed by atoms with Crippen molar-refractivity contribution >= 4 is 22.5 Å². The van der Waals surface area contributed by atoms with Crippen LogP contribution in [0.2, 0.25) is 5.15 Å². The quantitative estimate of drug-likeness (QED) is 0.670. The number of rotatable bonds is 0. The van der Waals surface area contributed by atoms with Gasteiger partial charge in [-0.05, 0) is 18.6 Å². The molecule has 0 aliphatic carbocycles. The lowest BCUT2D eigenvalue weighted by atomic mass is 10.2. The van der Waals surface area contributed by atoms with Crippen LogP contribution in [0.3, 0.4) is 0 Å². The minimum Gasteiger partial charge on any atom is -0.266 e. The van der Waals surface area contributed by atoms with Crippen LogP contribution in [0.5, 0.6) is 0 Å². The number of halogens is 2. The molecule has 2 nitrogen and oxygen atoms in total. The van der Waals surface area contributed by atoms with E-state index in [0.717, 1.165) is 5.56 Å². The third-order valence-corrected chi connectivity index (χ3v) is 2.09. The molecule has 1 N–H and O–H groups in total. The van der Waals surface area contributed by atoms with Gasteiger partial charge in [0.1, 0.15) is 11.0 Å². The van der Waals surface area contributed by atoms with Crippen LogP contribution in [0.25, 0.3) is 10.9 Å². The highest BCUT2D eigenvalue weighted by Crippen LogP contribution is 2.25. The molecule has 4 heteroatoms. The van der Waals surface area contributed by atoms with Gasteiger partial charge in [-0.15, -0.1) is 0 Å². The lowest BCUT2D eigenvalue weighted by Crippen LogP contribution is -1.80. The second-order valence-electron chi connectivity index (χ2n) is 2.63. The minimum atomic E-state index is -0.339. The fraction of sp³-hybridized carbons (Fsp3) is 0.125. The number of nitrogens with one attached hydrogen (secondary N) is 1. The van der Waals surface area contributed by atoms with Crippen molar-refractivity contribution in [3.8, 4) is 0 Å². The fourth-order valence-corrected chi connectivity index (χ4v) is 1.41. The first kappa shape index (κ1) is 7.55. The first-order valence-electron chi connectivity index (χ1n) is 3.49. The fourth-order valence-electron chi connectivity index (χ4n) is 1.18. The van der Waals surface area contributed by atoms with Crippen molar-refractivity contribution in [2.24, 2.45) is 0 Å². The number of aromatic nitrogens is 2. The summed E-state index contributed by atoms with van der Waals surface area (Å²) in [5.41, 5.74) is 1.51. The van der Waals surface area contributed by atoms with E-state index >= 15 is 0 Å². The van der Waals surface area contributed by atoms with E-state index in [1.807, 2.05) is 6.92 Å². The van der Waals surface area contributed by atoms with E-state index in [2.05, 4.69) is 10.2 Å². The van der Waals surface area contributed by atoms with Gasteiger partial charge in [0.15, 0.2) is 0 Å². The molecule has 0 bridgehead atoms. The summed E-state index contributed by atoms with van der Waals surface area (Å²) in [6.45, 7) is 1.86. The number of nitrogens with zero attached hydrogens (tertiary/aromatic N) is 1. The van der Waals surface area contributed by atoms with Crippen LogP contribution < -0.4 is 0 Å². The lowest BCUT2D eigenvalue weighted by Gasteiger charge is -1.94. The maximum absolute atomic E-state index is 13.1. The summed E-state index contributed by atoms with van der Waals surface area (Å²) in [5.74, 6) is -0.339. The van der Waals surface area contributed by atoms with E-state index in [-0.39, 0.29) is 11.0 Å². The highest BCUT2D eigenvalue weighted by atomic mass is 35.5. The average Bonchev–Trinajstić information content (AvgIpc) is 2.42. The Morgan fingerprint density at radius 1 is 1.50 bits per heavy atom. The van der Waals surface area contributed by atoms with E-state index < -0.39 is 0 Å². The second kappa shape index (κ2) is 2.45. The maximum atomic E-state index is 13.1. The van der Waals surface area contributed by atoms with Crippen molar-refractivity contribution in [1.29, 1.82) is 0 Å². The zero-order chi connectivity index (χ0) is 8.72. The van der Waals surface area contributed by atoms with Crippen molar-refractivity contribution < 1.29 is 4.39 Å². The van der Waals surface area contributed by atoms with Gasteiger partial charge in [0.05, 0.1) is 10.9 Å². The number of H-pyrrole nitrogens is 1. The molecule has 0 saturated carbocycles. The molecule has 12 heavy (non-hydrogen) atoms. The van der Waals surface area contributed by atoms with Crippen molar-refractivity contribution in [3.63, 3.8) is 0 Å². The summed E-state index contributed by atoms with van der Waals surface area (Å²) in [6, 6.07) is 3.06. The Hall–Kier alpha value is -1.09. The molecule has 0 saturated heterocycles. The van der Waals surface area contributed by atoms with Gasteiger partial charge < -0.3 is 0 Å². The Morgan fingerprint density at radius 3 is 2.92 bits per heavy atom. The van der Waals surface area contributed by atoms with Crippen LogP contribution in [-0.4, -0.2) is 10.2 Å². The van der Waals surface area contributed by atoms with Gasteiger partial charge in [-0.25, -0.2) is 4.39 Å². The predicted octanol–water partition coefficient (Wildman–Crippen LogP) is 2.66. The Morgan fingerprint density at radius 2 is 2.25 bits per heavy atom. The monoisotopic (exact) mass is 184 g/mol. The Balaban J connectivity index is 2.98. The SMILES string of the molecule is Cc1ccc(F)c2c(Cl)[nH]nc12. The molecule has 0 aliphatic rings. The van der Waals surface area contributed by atoms with Crippen molar-refractivity contribution in [3.05, 3.63) is 28.7 Å². The molecular formula is C8H6ClFN2. The lowest BCUT2D eigenvalue weighted by molar-refractivity contribution is 0.639. The first-order valence-corrected chi connectivity index (χ1v) is 3.86. The normalized spacial score (nSPS) is 10.9. The minimum absolute atomic E-state index is 0.256. The van der Waals surface area contributed by atoms with Crippen molar-refractivity contribution in [2.45, 2.75) is 6.92 Å². The summed E-state index contributed by atoms with van der Waals surface area (Å²) in [5, 5.41) is 7.04. The Labute approximate surface area is 73.3 Å². The number of fused-ring (bicyclic) bond motifs is 1. The van der Waals surface area contributed by atoms with E-state index in [1.54, 1.807) is 6.07 Å². The van der Waals surface area contributed by atoms with E-state index in [9.17, 15) is 4.39 Å². The number of hydrogen-bond donors (Lipinski definition) is 1. The summed E-state index contributed by atoms with van der Waals surface area (Å²) in [4.78, 5) is 0. The number of hydrogen-bond acceptors (Lipinski definition) is 1.